The molecule has 1 aromatic carbocycles. The maximum atomic E-state index is 9.39. The Morgan fingerprint density at radius 2 is 1.96 bits per heavy atom. The van der Waals surface area contributed by atoms with E-state index in [0.29, 0.717) is 5.41 Å². The summed E-state index contributed by atoms with van der Waals surface area (Å²) < 4.78 is 0. The summed E-state index contributed by atoms with van der Waals surface area (Å²) in [4.78, 5) is 4.76. The van der Waals surface area contributed by atoms with Crippen molar-refractivity contribution >= 4 is 5.57 Å². The van der Waals surface area contributed by atoms with E-state index in [-0.39, 0.29) is 0 Å². The lowest BCUT2D eigenvalue weighted by molar-refractivity contribution is 0.312. The number of benzene rings is 1. The summed E-state index contributed by atoms with van der Waals surface area (Å²) in [6, 6.07) is 8.74. The van der Waals surface area contributed by atoms with Crippen molar-refractivity contribution in [2.75, 3.05) is 0 Å². The summed E-state index contributed by atoms with van der Waals surface area (Å²) in [5.41, 5.74) is 9.37. The molecule has 0 radical (unpaired) electrons. The number of rotatable bonds is 2. The Balaban J connectivity index is 2.08. The molecule has 0 fully saturated rings. The Labute approximate surface area is 151 Å². The number of hydrogen-bond acceptors (Lipinski definition) is 2. The fourth-order valence-electron chi connectivity index (χ4n) is 3.87. The van der Waals surface area contributed by atoms with Gasteiger partial charge in [0.25, 0.3) is 0 Å². The molecule has 0 spiro atoms. The molecule has 1 aliphatic carbocycles. The minimum absolute atomic E-state index is 0.344. The van der Waals surface area contributed by atoms with Crippen LogP contribution in [-0.2, 0) is 12.8 Å². The van der Waals surface area contributed by atoms with Gasteiger partial charge in [-0.2, -0.15) is 5.26 Å². The monoisotopic (exact) mass is 330 g/mol. The fourth-order valence-corrected chi connectivity index (χ4v) is 3.87. The van der Waals surface area contributed by atoms with E-state index in [2.05, 4.69) is 52.0 Å². The van der Waals surface area contributed by atoms with Crippen LogP contribution in [0.4, 0.5) is 0 Å². The standard InChI is InChI=1S/C23H26N2/c1-6-20(21-11-18(13-24)15(2)9-16(21)3)19-10-17-12-23(4,5)8-7-22(17)25-14-19/h6,9-11,14H,7-8,12H2,1-5H3/b20-6-. The average Bonchev–Trinajstić information content (AvgIpc) is 2.56. The number of aromatic nitrogens is 1. The van der Waals surface area contributed by atoms with Gasteiger partial charge in [-0.15, -0.1) is 0 Å². The SMILES string of the molecule is C/C=C(/c1cnc2c(c1)CC(C)(C)CC2)c1cc(C#N)c(C)cc1C. The number of hydrogen-bond donors (Lipinski definition) is 0. The number of aryl methyl sites for hydroxylation is 3. The molecule has 2 aromatic rings. The van der Waals surface area contributed by atoms with Gasteiger partial charge in [-0.1, -0.05) is 26.0 Å². The predicted molar refractivity (Wildman–Crippen MR) is 103 cm³/mol. The average molecular weight is 330 g/mol. The number of nitrogens with zero attached hydrogens (tertiary/aromatic N) is 2. The zero-order chi connectivity index (χ0) is 18.2. The molecule has 1 aromatic heterocycles. The van der Waals surface area contributed by atoms with Crippen LogP contribution >= 0.6 is 0 Å². The van der Waals surface area contributed by atoms with Crippen molar-refractivity contribution in [1.29, 1.82) is 5.26 Å². The van der Waals surface area contributed by atoms with Crippen molar-refractivity contribution in [3.8, 4) is 6.07 Å². The number of allylic oxidation sites excluding steroid dienone is 1. The minimum atomic E-state index is 0.344. The van der Waals surface area contributed by atoms with E-state index in [1.54, 1.807) is 0 Å². The highest BCUT2D eigenvalue weighted by Crippen LogP contribution is 2.36. The molecule has 0 atom stereocenters. The third-order valence-electron chi connectivity index (χ3n) is 5.35. The molecule has 3 rings (SSSR count). The molecule has 1 aliphatic rings. The van der Waals surface area contributed by atoms with Gasteiger partial charge in [-0.3, -0.25) is 4.98 Å². The van der Waals surface area contributed by atoms with E-state index in [0.717, 1.165) is 40.7 Å². The predicted octanol–water partition coefficient (Wildman–Crippen LogP) is 5.54. The third kappa shape index (κ3) is 3.37. The van der Waals surface area contributed by atoms with Crippen molar-refractivity contribution in [2.45, 2.75) is 53.9 Å². The van der Waals surface area contributed by atoms with Crippen molar-refractivity contribution in [3.63, 3.8) is 0 Å². The molecule has 0 amide bonds. The first-order valence-corrected chi connectivity index (χ1v) is 9.01. The topological polar surface area (TPSA) is 36.7 Å². The summed E-state index contributed by atoms with van der Waals surface area (Å²) in [6.07, 6.45) is 7.48. The van der Waals surface area contributed by atoms with Gasteiger partial charge in [0.2, 0.25) is 0 Å². The Bertz CT molecular complexity index is 895. The second-order valence-electron chi connectivity index (χ2n) is 7.97. The second-order valence-corrected chi connectivity index (χ2v) is 7.97. The first kappa shape index (κ1) is 17.4. The molecule has 0 saturated heterocycles. The van der Waals surface area contributed by atoms with Crippen molar-refractivity contribution in [2.24, 2.45) is 5.41 Å². The van der Waals surface area contributed by atoms with E-state index in [1.807, 2.05) is 19.2 Å². The van der Waals surface area contributed by atoms with Gasteiger partial charge >= 0.3 is 0 Å². The van der Waals surface area contributed by atoms with Gasteiger partial charge in [0, 0.05) is 17.5 Å². The first-order valence-electron chi connectivity index (χ1n) is 9.01. The Hall–Kier alpha value is -2.40. The summed E-state index contributed by atoms with van der Waals surface area (Å²) in [6.45, 7) is 10.8. The quantitative estimate of drug-likeness (QED) is 0.725. The van der Waals surface area contributed by atoms with Crippen LogP contribution in [0.5, 0.6) is 0 Å². The molecule has 0 aliphatic heterocycles. The van der Waals surface area contributed by atoms with E-state index in [4.69, 9.17) is 4.98 Å². The first-order chi connectivity index (χ1) is 11.8. The van der Waals surface area contributed by atoms with Gasteiger partial charge in [0.1, 0.15) is 0 Å². The molecule has 0 unspecified atom stereocenters. The summed E-state index contributed by atoms with van der Waals surface area (Å²) >= 11 is 0. The van der Waals surface area contributed by atoms with Crippen LogP contribution in [0.1, 0.15) is 66.3 Å². The summed E-state index contributed by atoms with van der Waals surface area (Å²) in [5, 5.41) is 9.39. The molecule has 2 heteroatoms. The molecule has 25 heavy (non-hydrogen) atoms. The van der Waals surface area contributed by atoms with Gasteiger partial charge in [-0.05, 0) is 85.4 Å². The molecule has 0 saturated carbocycles. The van der Waals surface area contributed by atoms with E-state index >= 15 is 0 Å². The van der Waals surface area contributed by atoms with Crippen LogP contribution < -0.4 is 0 Å². The van der Waals surface area contributed by atoms with Crippen LogP contribution in [0.25, 0.3) is 5.57 Å². The number of nitriles is 1. The Morgan fingerprint density at radius 1 is 1.20 bits per heavy atom. The second kappa shape index (κ2) is 6.48. The maximum Gasteiger partial charge on any atom is 0.0994 e. The van der Waals surface area contributed by atoms with Gasteiger partial charge < -0.3 is 0 Å². The van der Waals surface area contributed by atoms with Crippen LogP contribution in [0.3, 0.4) is 0 Å². The van der Waals surface area contributed by atoms with Gasteiger partial charge in [0.05, 0.1) is 11.6 Å². The van der Waals surface area contributed by atoms with Gasteiger partial charge in [0.15, 0.2) is 0 Å². The summed E-state index contributed by atoms with van der Waals surface area (Å²) in [7, 11) is 0. The number of fused-ring (bicyclic) bond motifs is 1. The van der Waals surface area contributed by atoms with Crippen molar-refractivity contribution < 1.29 is 0 Å². The zero-order valence-electron chi connectivity index (χ0n) is 15.9. The lowest BCUT2D eigenvalue weighted by Crippen LogP contribution is -2.23. The van der Waals surface area contributed by atoms with E-state index < -0.39 is 0 Å². The molecule has 1 heterocycles. The molecule has 0 bridgehead atoms. The van der Waals surface area contributed by atoms with Crippen LogP contribution in [0, 0.1) is 30.6 Å². The molecular weight excluding hydrogens is 304 g/mol. The molecule has 0 N–H and O–H groups in total. The highest BCUT2D eigenvalue weighted by atomic mass is 14.7. The zero-order valence-corrected chi connectivity index (χ0v) is 15.9. The smallest absolute Gasteiger partial charge is 0.0994 e. The van der Waals surface area contributed by atoms with E-state index in [1.165, 1.54) is 23.2 Å². The Morgan fingerprint density at radius 3 is 2.64 bits per heavy atom. The normalized spacial score (nSPS) is 16.2. The molecule has 128 valence electrons. The molecular formula is C23H26N2. The van der Waals surface area contributed by atoms with Crippen LogP contribution in [0.2, 0.25) is 0 Å². The third-order valence-corrected chi connectivity index (χ3v) is 5.35. The van der Waals surface area contributed by atoms with Crippen LogP contribution in [0.15, 0.2) is 30.5 Å². The van der Waals surface area contributed by atoms with Crippen molar-refractivity contribution in [1.82, 2.24) is 4.98 Å². The fraction of sp³-hybridized carbons (Fsp3) is 0.391. The highest BCUT2D eigenvalue weighted by molar-refractivity contribution is 5.82. The van der Waals surface area contributed by atoms with Crippen molar-refractivity contribution in [3.05, 3.63) is 69.5 Å². The lowest BCUT2D eigenvalue weighted by Gasteiger charge is -2.31. The lowest BCUT2D eigenvalue weighted by atomic mass is 9.75. The summed E-state index contributed by atoms with van der Waals surface area (Å²) in [5.74, 6) is 0. The minimum Gasteiger partial charge on any atom is -0.260 e. The Kier molecular flexibility index (Phi) is 4.52. The molecule has 2 nitrogen and oxygen atoms in total. The van der Waals surface area contributed by atoms with Crippen LogP contribution in [-0.4, -0.2) is 4.98 Å². The highest BCUT2D eigenvalue weighted by Gasteiger charge is 2.26. The van der Waals surface area contributed by atoms with Gasteiger partial charge in [-0.25, -0.2) is 0 Å². The van der Waals surface area contributed by atoms with E-state index in [9.17, 15) is 5.26 Å². The number of pyridine rings is 1. The maximum absolute atomic E-state index is 9.39. The largest absolute Gasteiger partial charge is 0.260 e.